The summed E-state index contributed by atoms with van der Waals surface area (Å²) in [5, 5.41) is 13.4. The van der Waals surface area contributed by atoms with Crippen LogP contribution in [-0.2, 0) is 4.79 Å². The molecule has 3 heterocycles. The van der Waals surface area contributed by atoms with Gasteiger partial charge in [-0.05, 0) is 19.9 Å². The highest BCUT2D eigenvalue weighted by molar-refractivity contribution is 6.04. The van der Waals surface area contributed by atoms with Gasteiger partial charge < -0.3 is 26.6 Å². The lowest BCUT2D eigenvalue weighted by atomic mass is 10.0. The molecule has 0 radical (unpaired) electrons. The van der Waals surface area contributed by atoms with Gasteiger partial charge in [-0.1, -0.05) is 0 Å². The quantitative estimate of drug-likeness (QED) is 0.430. The topological polar surface area (TPSA) is 89.6 Å². The van der Waals surface area contributed by atoms with Crippen molar-refractivity contribution < 1.29 is 22.4 Å². The molecule has 0 fully saturated rings. The second kappa shape index (κ2) is 7.56. The van der Waals surface area contributed by atoms with Crippen LogP contribution in [0, 0.1) is 0 Å². The molecule has 152 valence electrons. The molecule has 0 aromatic rings. The van der Waals surface area contributed by atoms with E-state index in [0.717, 1.165) is 0 Å². The van der Waals surface area contributed by atoms with Gasteiger partial charge in [-0.15, -0.1) is 0 Å². The van der Waals surface area contributed by atoms with E-state index in [-0.39, 0.29) is 24.4 Å². The number of rotatable bonds is 6. The molecule has 28 heavy (non-hydrogen) atoms. The van der Waals surface area contributed by atoms with Crippen LogP contribution >= 0.6 is 0 Å². The van der Waals surface area contributed by atoms with Gasteiger partial charge in [-0.3, -0.25) is 4.79 Å². The smallest absolute Gasteiger partial charge is 0.255 e. The molecule has 5 N–H and O–H groups in total. The molecule has 1 amide bonds. The van der Waals surface area contributed by atoms with Gasteiger partial charge in [0.15, 0.2) is 11.6 Å². The van der Waals surface area contributed by atoms with Gasteiger partial charge in [0.05, 0.1) is 13.1 Å². The van der Waals surface area contributed by atoms with E-state index >= 15 is 0 Å². The van der Waals surface area contributed by atoms with Crippen LogP contribution in [0.5, 0.6) is 0 Å². The number of halogens is 4. The van der Waals surface area contributed by atoms with Crippen molar-refractivity contribution in [3.63, 3.8) is 0 Å². The Balaban J connectivity index is 1.78. The molecular formula is C17H20F4N6O. The number of hydrogen-bond acceptors (Lipinski definition) is 6. The van der Waals surface area contributed by atoms with Gasteiger partial charge in [0.1, 0.15) is 23.4 Å². The number of amides is 1. The van der Waals surface area contributed by atoms with E-state index in [1.54, 1.807) is 6.20 Å². The van der Waals surface area contributed by atoms with E-state index in [2.05, 4.69) is 31.6 Å². The molecule has 11 heteroatoms. The average Bonchev–Trinajstić information content (AvgIpc) is 3.04. The highest BCUT2D eigenvalue weighted by Crippen LogP contribution is 2.26. The standard InChI is InChI=1S/C17H20F4N6O/c1-17(2,16(28)25-7-12(20)21)27-15-11(19)6-24-14(26-15)10-5-23-13-9(10)3-8(18)4-22-13/h3-5,12-13,22-23,27H,6-7H2,1-2H3,(H,24,26)(H,25,28). The van der Waals surface area contributed by atoms with Crippen LogP contribution in [0.1, 0.15) is 13.8 Å². The van der Waals surface area contributed by atoms with Crippen molar-refractivity contribution in [2.24, 2.45) is 4.99 Å². The molecule has 0 aliphatic carbocycles. The predicted octanol–water partition coefficient (Wildman–Crippen LogP) is 1.03. The zero-order valence-corrected chi connectivity index (χ0v) is 15.2. The lowest BCUT2D eigenvalue weighted by Crippen LogP contribution is -2.53. The fourth-order valence-corrected chi connectivity index (χ4v) is 2.80. The Morgan fingerprint density at radius 2 is 2.04 bits per heavy atom. The summed E-state index contributed by atoms with van der Waals surface area (Å²) in [7, 11) is 0. The Morgan fingerprint density at radius 3 is 2.75 bits per heavy atom. The molecule has 1 unspecified atom stereocenters. The molecule has 7 nitrogen and oxygen atoms in total. The molecule has 0 aromatic heterocycles. The molecule has 3 aliphatic rings. The van der Waals surface area contributed by atoms with Gasteiger partial charge in [-0.2, -0.15) is 0 Å². The monoisotopic (exact) mass is 400 g/mol. The van der Waals surface area contributed by atoms with E-state index in [1.165, 1.54) is 26.1 Å². The first-order valence-electron chi connectivity index (χ1n) is 8.53. The minimum Gasteiger partial charge on any atom is -0.367 e. The highest BCUT2D eigenvalue weighted by atomic mass is 19.3. The zero-order valence-electron chi connectivity index (χ0n) is 15.2. The number of hydrogen-bond donors (Lipinski definition) is 5. The first-order valence-corrected chi connectivity index (χ1v) is 8.53. The first kappa shape index (κ1) is 19.8. The maximum absolute atomic E-state index is 14.3. The van der Waals surface area contributed by atoms with Gasteiger partial charge in [0.2, 0.25) is 5.91 Å². The minimum absolute atomic E-state index is 0.197. The number of carbonyl (C=O) groups excluding carboxylic acids is 1. The fourth-order valence-electron chi connectivity index (χ4n) is 2.80. The molecule has 0 saturated carbocycles. The predicted molar refractivity (Wildman–Crippen MR) is 95.2 cm³/mol. The normalized spacial score (nSPS) is 21.5. The average molecular weight is 400 g/mol. The van der Waals surface area contributed by atoms with Crippen molar-refractivity contribution in [1.29, 1.82) is 0 Å². The summed E-state index contributed by atoms with van der Waals surface area (Å²) in [5.74, 6) is -1.75. The van der Waals surface area contributed by atoms with Crippen molar-refractivity contribution in [3.8, 4) is 0 Å². The number of allylic oxidation sites excluding steroid dienone is 2. The Morgan fingerprint density at radius 1 is 1.32 bits per heavy atom. The maximum atomic E-state index is 14.3. The summed E-state index contributed by atoms with van der Waals surface area (Å²) in [4.78, 5) is 16.3. The number of fused-ring (bicyclic) bond motifs is 1. The largest absolute Gasteiger partial charge is 0.367 e. The highest BCUT2D eigenvalue weighted by Gasteiger charge is 2.33. The summed E-state index contributed by atoms with van der Waals surface area (Å²) in [6.45, 7) is 1.84. The molecule has 0 bridgehead atoms. The lowest BCUT2D eigenvalue weighted by Gasteiger charge is -2.28. The number of dihydropyridines is 1. The van der Waals surface area contributed by atoms with Gasteiger partial charge in [0, 0.05) is 23.5 Å². The number of amidine groups is 1. The summed E-state index contributed by atoms with van der Waals surface area (Å²) < 4.78 is 52.5. The van der Waals surface area contributed by atoms with Gasteiger partial charge >= 0.3 is 0 Å². The summed E-state index contributed by atoms with van der Waals surface area (Å²) >= 11 is 0. The Bertz CT molecular complexity index is 828. The summed E-state index contributed by atoms with van der Waals surface area (Å²) in [6, 6.07) is 0. The third-order valence-electron chi connectivity index (χ3n) is 4.26. The Labute approximate surface area is 158 Å². The number of carbonyl (C=O) groups is 1. The van der Waals surface area contributed by atoms with Crippen LogP contribution < -0.4 is 26.6 Å². The van der Waals surface area contributed by atoms with Crippen molar-refractivity contribution in [3.05, 3.63) is 47.1 Å². The van der Waals surface area contributed by atoms with Crippen LogP contribution in [0.3, 0.4) is 0 Å². The van der Waals surface area contributed by atoms with Crippen molar-refractivity contribution in [2.45, 2.75) is 32.0 Å². The van der Waals surface area contributed by atoms with Crippen molar-refractivity contribution in [2.75, 3.05) is 13.1 Å². The van der Waals surface area contributed by atoms with Crippen LogP contribution in [0.15, 0.2) is 52.1 Å². The van der Waals surface area contributed by atoms with E-state index in [1.807, 2.05) is 0 Å². The zero-order chi connectivity index (χ0) is 20.5. The lowest BCUT2D eigenvalue weighted by molar-refractivity contribution is -0.126. The second-order valence-electron chi connectivity index (χ2n) is 6.87. The van der Waals surface area contributed by atoms with E-state index in [4.69, 9.17) is 0 Å². The SMILES string of the molecule is CC(C)(NC1=C(F)CNC(C2=CNC3NC=C(F)C=C23)=N1)C(=O)NCC(F)F. The van der Waals surface area contributed by atoms with Crippen LogP contribution in [0.2, 0.25) is 0 Å². The number of alkyl halides is 2. The molecule has 0 spiro atoms. The van der Waals surface area contributed by atoms with E-state index in [9.17, 15) is 22.4 Å². The van der Waals surface area contributed by atoms with Crippen LogP contribution in [-0.4, -0.2) is 43.0 Å². The second-order valence-corrected chi connectivity index (χ2v) is 6.87. The summed E-state index contributed by atoms with van der Waals surface area (Å²) in [5.41, 5.74) is -0.270. The minimum atomic E-state index is -2.69. The first-order chi connectivity index (χ1) is 13.2. The van der Waals surface area contributed by atoms with Crippen molar-refractivity contribution >= 4 is 11.7 Å². The molecular weight excluding hydrogens is 380 g/mol. The molecule has 0 aromatic carbocycles. The van der Waals surface area contributed by atoms with E-state index in [0.29, 0.717) is 11.1 Å². The van der Waals surface area contributed by atoms with Crippen LogP contribution in [0.25, 0.3) is 0 Å². The number of nitrogens with one attached hydrogen (secondary N) is 5. The van der Waals surface area contributed by atoms with Crippen LogP contribution in [0.4, 0.5) is 17.6 Å². The van der Waals surface area contributed by atoms with Crippen molar-refractivity contribution in [1.82, 2.24) is 26.6 Å². The summed E-state index contributed by atoms with van der Waals surface area (Å²) in [6.07, 6.45) is 1.15. The molecule has 0 saturated heterocycles. The third-order valence-corrected chi connectivity index (χ3v) is 4.26. The van der Waals surface area contributed by atoms with E-state index < -0.39 is 36.1 Å². The van der Waals surface area contributed by atoms with Gasteiger partial charge in [-0.25, -0.2) is 22.6 Å². The fraction of sp³-hybridized carbons (Fsp3) is 0.412. The molecule has 1 atom stereocenters. The van der Waals surface area contributed by atoms with Gasteiger partial charge in [0.25, 0.3) is 6.43 Å². The Kier molecular flexibility index (Phi) is 5.34. The number of nitrogens with zero attached hydrogens (tertiary/aromatic N) is 1. The molecule has 3 aliphatic heterocycles. The molecule has 3 rings (SSSR count). The number of aliphatic imine (C=N–C) groups is 1. The third kappa shape index (κ3) is 4.12. The maximum Gasteiger partial charge on any atom is 0.255 e. The Hall–Kier alpha value is -2.98.